The number of nitrogens with zero attached hydrogens (tertiary/aromatic N) is 1. The van der Waals surface area contributed by atoms with E-state index < -0.39 is 0 Å². The molecule has 0 radical (unpaired) electrons. The van der Waals surface area contributed by atoms with Crippen LogP contribution >= 0.6 is 0 Å². The highest BCUT2D eigenvalue weighted by Crippen LogP contribution is 2.01. The second-order valence-electron chi connectivity index (χ2n) is 1.98. The first-order valence-electron chi connectivity index (χ1n) is 3.15. The van der Waals surface area contributed by atoms with Gasteiger partial charge < -0.3 is 5.32 Å². The van der Waals surface area contributed by atoms with Crippen molar-refractivity contribution in [1.29, 1.82) is 0 Å². The predicted molar refractivity (Wildman–Crippen MR) is 43.1 cm³/mol. The maximum absolute atomic E-state index is 10.1. The number of hydrogen-bond acceptors (Lipinski definition) is 3. The minimum absolute atomic E-state index is 0.309. The van der Waals surface area contributed by atoms with Crippen molar-refractivity contribution in [3.63, 3.8) is 0 Å². The zero-order chi connectivity index (χ0) is 8.10. The number of hydrogen-bond donors (Lipinski definition) is 1. The molecule has 3 heteroatoms. The zero-order valence-corrected chi connectivity index (χ0v) is 5.95. The first-order chi connectivity index (χ1) is 5.33. The van der Waals surface area contributed by atoms with Crippen LogP contribution in [0, 0.1) is 0 Å². The number of allylic oxidation sites excluding steroid dienone is 1. The van der Waals surface area contributed by atoms with E-state index in [0.29, 0.717) is 17.8 Å². The van der Waals surface area contributed by atoms with Crippen molar-refractivity contribution < 1.29 is 4.79 Å². The van der Waals surface area contributed by atoms with Gasteiger partial charge in [0.15, 0.2) is 6.29 Å². The highest BCUT2D eigenvalue weighted by atomic mass is 16.1. The number of aldehydes is 1. The number of rotatable bonds is 3. The Labute approximate surface area is 64.8 Å². The van der Waals surface area contributed by atoms with Crippen LogP contribution in [0.4, 0.5) is 5.82 Å². The quantitative estimate of drug-likeness (QED) is 0.517. The fourth-order valence-corrected chi connectivity index (χ4v) is 0.631. The van der Waals surface area contributed by atoms with Gasteiger partial charge in [0.05, 0.1) is 5.70 Å². The lowest BCUT2D eigenvalue weighted by molar-refractivity contribution is -0.104. The molecule has 0 amide bonds. The number of nitrogens with one attached hydrogen (secondary N) is 1. The summed E-state index contributed by atoms with van der Waals surface area (Å²) < 4.78 is 0. The highest BCUT2D eigenvalue weighted by Gasteiger charge is 1.91. The van der Waals surface area contributed by atoms with E-state index in [1.165, 1.54) is 0 Å². The topological polar surface area (TPSA) is 42.0 Å². The minimum Gasteiger partial charge on any atom is -0.338 e. The van der Waals surface area contributed by atoms with Gasteiger partial charge in [-0.05, 0) is 12.1 Å². The summed E-state index contributed by atoms with van der Waals surface area (Å²) in [5, 5.41) is 2.72. The maximum Gasteiger partial charge on any atom is 0.165 e. The summed E-state index contributed by atoms with van der Waals surface area (Å²) in [6.07, 6.45) is 2.29. The van der Waals surface area contributed by atoms with Crippen molar-refractivity contribution in [2.45, 2.75) is 0 Å². The van der Waals surface area contributed by atoms with Crippen LogP contribution in [-0.2, 0) is 4.79 Å². The van der Waals surface area contributed by atoms with Crippen molar-refractivity contribution in [3.8, 4) is 0 Å². The average molecular weight is 148 g/mol. The molecule has 56 valence electrons. The van der Waals surface area contributed by atoms with E-state index >= 15 is 0 Å². The van der Waals surface area contributed by atoms with Gasteiger partial charge in [-0.1, -0.05) is 12.6 Å². The molecule has 0 bridgehead atoms. The van der Waals surface area contributed by atoms with Gasteiger partial charge in [0.1, 0.15) is 5.82 Å². The molecule has 1 N–H and O–H groups in total. The molecule has 3 nitrogen and oxygen atoms in total. The lowest BCUT2D eigenvalue weighted by Gasteiger charge is -2.00. The van der Waals surface area contributed by atoms with E-state index in [1.807, 2.05) is 6.07 Å². The van der Waals surface area contributed by atoms with E-state index in [2.05, 4.69) is 16.9 Å². The third kappa shape index (κ3) is 2.21. The first-order valence-corrected chi connectivity index (χ1v) is 3.15. The van der Waals surface area contributed by atoms with Crippen LogP contribution in [0.2, 0.25) is 0 Å². The Morgan fingerprint density at radius 3 is 3.00 bits per heavy atom. The molecule has 0 unspecified atom stereocenters. The summed E-state index contributed by atoms with van der Waals surface area (Å²) in [7, 11) is 0. The third-order valence-electron chi connectivity index (χ3n) is 1.10. The van der Waals surface area contributed by atoms with Crippen LogP contribution in [0.1, 0.15) is 0 Å². The Balaban J connectivity index is 2.65. The molecule has 0 aromatic carbocycles. The van der Waals surface area contributed by atoms with Crippen molar-refractivity contribution in [1.82, 2.24) is 4.98 Å². The molecular formula is C8H8N2O. The van der Waals surface area contributed by atoms with Crippen LogP contribution in [0.5, 0.6) is 0 Å². The second kappa shape index (κ2) is 3.51. The standard InChI is InChI=1S/C8H8N2O/c1-7(6-11)10-8-4-2-3-5-9-8/h2-6H,1H2,(H,9,10). The minimum atomic E-state index is 0.309. The molecule has 0 saturated heterocycles. The summed E-state index contributed by atoms with van der Waals surface area (Å²) in [5.74, 6) is 0.629. The number of pyridine rings is 1. The lowest BCUT2D eigenvalue weighted by Crippen LogP contribution is -1.99. The van der Waals surface area contributed by atoms with E-state index in [-0.39, 0.29) is 0 Å². The maximum atomic E-state index is 10.1. The summed E-state index contributed by atoms with van der Waals surface area (Å²) in [5.41, 5.74) is 0.309. The highest BCUT2D eigenvalue weighted by molar-refractivity contribution is 5.76. The Bertz CT molecular complexity index is 256. The third-order valence-corrected chi connectivity index (χ3v) is 1.10. The number of anilines is 1. The number of carbonyl (C=O) groups is 1. The molecule has 1 rings (SSSR count). The van der Waals surface area contributed by atoms with Gasteiger partial charge in [-0.25, -0.2) is 4.98 Å². The van der Waals surface area contributed by atoms with E-state index in [0.717, 1.165) is 0 Å². The normalized spacial score (nSPS) is 8.73. The number of aromatic nitrogens is 1. The van der Waals surface area contributed by atoms with Gasteiger partial charge >= 0.3 is 0 Å². The predicted octanol–water partition coefficient (Wildman–Crippen LogP) is 1.21. The van der Waals surface area contributed by atoms with E-state index in [4.69, 9.17) is 0 Å². The molecule has 0 aliphatic carbocycles. The average Bonchev–Trinajstić information content (AvgIpc) is 2.06. The first kappa shape index (κ1) is 7.47. The van der Waals surface area contributed by atoms with Gasteiger partial charge in [0.2, 0.25) is 0 Å². The molecule has 1 aromatic heterocycles. The Kier molecular flexibility index (Phi) is 2.38. The Hall–Kier alpha value is -1.64. The van der Waals surface area contributed by atoms with Crippen LogP contribution < -0.4 is 5.32 Å². The largest absolute Gasteiger partial charge is 0.338 e. The van der Waals surface area contributed by atoms with Gasteiger partial charge in [-0.3, -0.25) is 4.79 Å². The molecule has 0 fully saturated rings. The molecule has 11 heavy (non-hydrogen) atoms. The fourth-order valence-electron chi connectivity index (χ4n) is 0.631. The summed E-state index contributed by atoms with van der Waals surface area (Å²) in [4.78, 5) is 14.1. The molecule has 0 atom stereocenters. The van der Waals surface area contributed by atoms with Gasteiger partial charge in [0.25, 0.3) is 0 Å². The molecule has 1 heterocycles. The van der Waals surface area contributed by atoms with Crippen LogP contribution in [0.25, 0.3) is 0 Å². The monoisotopic (exact) mass is 148 g/mol. The summed E-state index contributed by atoms with van der Waals surface area (Å²) in [6.45, 7) is 3.45. The second-order valence-corrected chi connectivity index (χ2v) is 1.98. The van der Waals surface area contributed by atoms with Crippen molar-refractivity contribution in [2.75, 3.05) is 5.32 Å². The lowest BCUT2D eigenvalue weighted by atomic mass is 10.4. The molecule has 0 aliphatic rings. The zero-order valence-electron chi connectivity index (χ0n) is 5.95. The van der Waals surface area contributed by atoms with E-state index in [1.54, 1.807) is 18.3 Å². The molecule has 0 aliphatic heterocycles. The van der Waals surface area contributed by atoms with Gasteiger partial charge in [-0.2, -0.15) is 0 Å². The van der Waals surface area contributed by atoms with Crippen molar-refractivity contribution >= 4 is 12.1 Å². The van der Waals surface area contributed by atoms with Crippen molar-refractivity contribution in [3.05, 3.63) is 36.7 Å². The fraction of sp³-hybridized carbons (Fsp3) is 0. The van der Waals surface area contributed by atoms with Gasteiger partial charge in [0, 0.05) is 6.20 Å². The van der Waals surface area contributed by atoms with Gasteiger partial charge in [-0.15, -0.1) is 0 Å². The van der Waals surface area contributed by atoms with Crippen LogP contribution in [0.15, 0.2) is 36.7 Å². The smallest absolute Gasteiger partial charge is 0.165 e. The van der Waals surface area contributed by atoms with Crippen molar-refractivity contribution in [2.24, 2.45) is 0 Å². The Morgan fingerprint density at radius 2 is 2.45 bits per heavy atom. The SMILES string of the molecule is C=C(C=O)Nc1ccccn1. The molecule has 0 saturated carbocycles. The number of carbonyl (C=O) groups excluding carboxylic acids is 1. The molecule has 0 spiro atoms. The van der Waals surface area contributed by atoms with Crippen LogP contribution in [0.3, 0.4) is 0 Å². The summed E-state index contributed by atoms with van der Waals surface area (Å²) in [6, 6.07) is 5.39. The Morgan fingerprint density at radius 1 is 1.64 bits per heavy atom. The molecular weight excluding hydrogens is 140 g/mol. The molecule has 1 aromatic rings. The summed E-state index contributed by atoms with van der Waals surface area (Å²) >= 11 is 0. The van der Waals surface area contributed by atoms with E-state index in [9.17, 15) is 4.79 Å². The van der Waals surface area contributed by atoms with Crippen LogP contribution in [-0.4, -0.2) is 11.3 Å².